The first-order valence-electron chi connectivity index (χ1n) is 17.0. The highest BCUT2D eigenvalue weighted by Crippen LogP contribution is 2.36. The van der Waals surface area contributed by atoms with E-state index in [1.54, 1.807) is 4.90 Å². The molecule has 0 spiro atoms. The number of nitrogens with zero attached hydrogens (tertiary/aromatic N) is 4. The van der Waals surface area contributed by atoms with Gasteiger partial charge in [0.1, 0.15) is 5.75 Å². The molecule has 2 N–H and O–H groups in total. The molecule has 10 nitrogen and oxygen atoms in total. The van der Waals surface area contributed by atoms with Crippen LogP contribution in [0.1, 0.15) is 87.9 Å². The first-order valence-corrected chi connectivity index (χ1v) is 17.0. The Morgan fingerprint density at radius 1 is 0.894 bits per heavy atom. The molecule has 3 aromatic rings. The molecule has 3 heterocycles. The van der Waals surface area contributed by atoms with Crippen LogP contribution in [0.2, 0.25) is 0 Å². The van der Waals surface area contributed by atoms with Gasteiger partial charge in [-0.15, -0.1) is 5.10 Å². The van der Waals surface area contributed by atoms with Crippen molar-refractivity contribution in [3.05, 3.63) is 69.6 Å². The van der Waals surface area contributed by atoms with E-state index in [2.05, 4.69) is 10.1 Å². The number of aromatic amines is 1. The summed E-state index contributed by atoms with van der Waals surface area (Å²) < 4.78 is 7.52. The van der Waals surface area contributed by atoms with E-state index in [-0.39, 0.29) is 37.2 Å². The second-order valence-electron chi connectivity index (χ2n) is 13.5. The molecule has 47 heavy (non-hydrogen) atoms. The van der Waals surface area contributed by atoms with E-state index in [4.69, 9.17) is 4.74 Å². The van der Waals surface area contributed by atoms with Crippen LogP contribution in [0.15, 0.2) is 47.3 Å². The minimum Gasteiger partial charge on any atom is -0.507 e. The lowest BCUT2D eigenvalue weighted by molar-refractivity contribution is -0.142. The molecule has 1 aromatic heterocycles. The smallest absolute Gasteiger partial charge is 0.410 e. The fourth-order valence-corrected chi connectivity index (χ4v) is 7.76. The van der Waals surface area contributed by atoms with Crippen LogP contribution in [0.5, 0.6) is 5.75 Å². The molecule has 1 aliphatic carbocycles. The highest BCUT2D eigenvalue weighted by molar-refractivity contribution is 5.84. The molecule has 3 aliphatic rings. The number of hydrogen-bond donors (Lipinski definition) is 2. The third-order valence-corrected chi connectivity index (χ3v) is 10.4. The Labute approximate surface area is 278 Å². The largest absolute Gasteiger partial charge is 0.507 e. The van der Waals surface area contributed by atoms with Gasteiger partial charge in [0.15, 0.2) is 11.9 Å². The van der Waals surface area contributed by atoms with Gasteiger partial charge in [-0.25, -0.2) is 14.3 Å². The number of piperidine rings is 2. The van der Waals surface area contributed by atoms with Crippen molar-refractivity contribution in [3.63, 3.8) is 0 Å². The summed E-state index contributed by atoms with van der Waals surface area (Å²) in [5.74, 6) is 2.05. The minimum atomic E-state index is -0.956. The summed E-state index contributed by atoms with van der Waals surface area (Å²) in [5, 5.41) is 14.9. The average Bonchev–Trinajstić information content (AvgIpc) is 3.48. The number of aromatic nitrogens is 3. The normalized spacial score (nSPS) is 18.9. The van der Waals surface area contributed by atoms with Gasteiger partial charge in [0.05, 0.1) is 6.04 Å². The molecule has 10 heteroatoms. The molecule has 0 unspecified atom stereocenters. The van der Waals surface area contributed by atoms with Gasteiger partial charge < -0.3 is 19.6 Å². The quantitative estimate of drug-likeness (QED) is 0.307. The summed E-state index contributed by atoms with van der Waals surface area (Å²) in [6.07, 6.45) is 8.46. The lowest BCUT2D eigenvalue weighted by Crippen LogP contribution is -2.49. The molecule has 2 amide bonds. The number of aromatic hydroxyl groups is 1. The molecule has 0 bridgehead atoms. The average molecular weight is 646 g/mol. The number of ether oxygens (including phenoxy) is 1. The fraction of sp³-hybridized carbons (Fsp3) is 0.568. The number of aryl methyl sites for hydroxylation is 2. The van der Waals surface area contributed by atoms with E-state index in [1.807, 2.05) is 61.2 Å². The summed E-state index contributed by atoms with van der Waals surface area (Å²) in [6.45, 7) is 5.85. The van der Waals surface area contributed by atoms with Crippen LogP contribution >= 0.6 is 0 Å². The predicted molar refractivity (Wildman–Crippen MR) is 182 cm³/mol. The van der Waals surface area contributed by atoms with Gasteiger partial charge >= 0.3 is 11.8 Å². The van der Waals surface area contributed by atoms with E-state index < -0.39 is 12.2 Å². The topological polar surface area (TPSA) is 121 Å². The molecule has 0 radical (unpaired) electrons. The van der Waals surface area contributed by atoms with Crippen molar-refractivity contribution >= 4 is 12.0 Å². The van der Waals surface area contributed by atoms with Crippen LogP contribution in [0, 0.1) is 25.7 Å². The van der Waals surface area contributed by atoms with E-state index in [1.165, 1.54) is 36.8 Å². The zero-order chi connectivity index (χ0) is 32.2. The maximum absolute atomic E-state index is 14.0. The van der Waals surface area contributed by atoms with Gasteiger partial charge in [-0.05, 0) is 68.1 Å². The zero-order valence-electron chi connectivity index (χ0n) is 27.1. The molecule has 1 atom stereocenters. The van der Waals surface area contributed by atoms with Crippen LogP contribution in [0.25, 0.3) is 11.4 Å². The van der Waals surface area contributed by atoms with Crippen LogP contribution in [-0.4, -0.2) is 74.0 Å². The predicted octanol–water partition coefficient (Wildman–Crippen LogP) is 6.40. The van der Waals surface area contributed by atoms with E-state index >= 15 is 0 Å². The van der Waals surface area contributed by atoms with Crippen molar-refractivity contribution in [2.24, 2.45) is 11.8 Å². The maximum Gasteiger partial charge on any atom is 0.410 e. The van der Waals surface area contributed by atoms with Gasteiger partial charge in [-0.3, -0.25) is 9.78 Å². The Hall–Kier alpha value is -4.08. The van der Waals surface area contributed by atoms with Crippen molar-refractivity contribution in [2.45, 2.75) is 97.6 Å². The Morgan fingerprint density at radius 2 is 1.49 bits per heavy atom. The number of hydrogen-bond acceptors (Lipinski definition) is 6. The molecule has 1 saturated carbocycles. The number of H-pyrrole nitrogens is 1. The lowest BCUT2D eigenvalue weighted by atomic mass is 9.76. The van der Waals surface area contributed by atoms with E-state index in [0.717, 1.165) is 41.0 Å². The number of carbonyl (C=O) groups excluding carboxylic acids is 2. The number of amides is 2. The van der Waals surface area contributed by atoms with Gasteiger partial charge in [0.25, 0.3) is 5.91 Å². The van der Waals surface area contributed by atoms with E-state index in [9.17, 15) is 19.5 Å². The van der Waals surface area contributed by atoms with Gasteiger partial charge in [-0.1, -0.05) is 82.0 Å². The number of likely N-dealkylation sites (tertiary alicyclic amines) is 2. The number of nitrogens with one attached hydrogen (secondary N) is 1. The lowest BCUT2D eigenvalue weighted by Gasteiger charge is -2.39. The highest BCUT2D eigenvalue weighted by Gasteiger charge is 2.35. The third-order valence-electron chi connectivity index (χ3n) is 10.4. The second-order valence-corrected chi connectivity index (χ2v) is 13.5. The van der Waals surface area contributed by atoms with Crippen LogP contribution < -0.4 is 5.69 Å². The van der Waals surface area contributed by atoms with Crippen molar-refractivity contribution in [3.8, 4) is 17.1 Å². The summed E-state index contributed by atoms with van der Waals surface area (Å²) >= 11 is 0. The maximum atomic E-state index is 14.0. The van der Waals surface area contributed by atoms with Gasteiger partial charge in [-0.2, -0.15) is 0 Å². The Kier molecular flexibility index (Phi) is 11.1. The monoisotopic (exact) mass is 645 g/mol. The third kappa shape index (κ3) is 7.91. The molecule has 2 saturated heterocycles. The first-order chi connectivity index (χ1) is 22.3. The van der Waals surface area contributed by atoms with Crippen LogP contribution in [0.4, 0.5) is 4.79 Å². The zero-order valence-corrected chi connectivity index (χ0v) is 27.1. The number of benzene rings is 2. The van der Waals surface area contributed by atoms with Crippen LogP contribution in [-0.2, 0) is 16.0 Å². The van der Waals surface area contributed by atoms with Crippen molar-refractivity contribution in [1.29, 1.82) is 0 Å². The summed E-state index contributed by atoms with van der Waals surface area (Å²) in [5.41, 5.74) is 2.88. The number of phenols is 1. The Bertz CT molecular complexity index is 1540. The van der Waals surface area contributed by atoms with E-state index in [0.29, 0.717) is 50.8 Å². The molecule has 2 aliphatic heterocycles. The number of phenolic OH excluding ortho intramolecular Hbond substituents is 1. The minimum absolute atomic E-state index is 0. The number of rotatable bonds is 7. The Morgan fingerprint density at radius 3 is 2.13 bits per heavy atom. The Balaban J connectivity index is 0.00000433. The second kappa shape index (κ2) is 15.2. The fourth-order valence-electron chi connectivity index (χ4n) is 7.76. The molecule has 6 rings (SSSR count). The standard InChI is InChI=1S/C36H47N5O5.CH4/c1-24-21-26(22-25(2)32(24)42)23-31(34(43)39-17-13-28(14-18-39)27-9-5-3-6-10-27)46-36(45)40-19-15-30(16-20-40)41-35(44)37-33(38-41)29-11-7-4-8-12-29;/h4,7-8,11-12,21-22,27-28,30-31,42H,3,5-6,9-10,13-20,23H2,1-2H3,(H,37,38,44);1H4/t31-;/m1./s1. The number of carbonyl (C=O) groups is 2. The molecular weight excluding hydrogens is 594 g/mol. The summed E-state index contributed by atoms with van der Waals surface area (Å²) in [4.78, 5) is 46.6. The SMILES string of the molecule is C.Cc1cc(C[C@@H](OC(=O)N2CCC(n3nc(-c4ccccc4)[nH]c3=O)CC2)C(=O)N2CCC(C3CCCCC3)CC2)cc(C)c1O. The van der Waals surface area contributed by atoms with Gasteiger partial charge in [0.2, 0.25) is 0 Å². The van der Waals surface area contributed by atoms with Crippen molar-refractivity contribution in [1.82, 2.24) is 24.6 Å². The summed E-state index contributed by atoms with van der Waals surface area (Å²) in [6, 6.07) is 13.1. The van der Waals surface area contributed by atoms with Crippen molar-refractivity contribution < 1.29 is 19.4 Å². The molecular formula is C37H51N5O5. The van der Waals surface area contributed by atoms with Gasteiger partial charge in [0, 0.05) is 38.2 Å². The first kappa shape index (κ1) is 34.3. The van der Waals surface area contributed by atoms with Crippen molar-refractivity contribution in [2.75, 3.05) is 26.2 Å². The molecule has 2 aromatic carbocycles. The molecule has 3 fully saturated rings. The summed E-state index contributed by atoms with van der Waals surface area (Å²) in [7, 11) is 0. The van der Waals surface area contributed by atoms with Crippen LogP contribution in [0.3, 0.4) is 0 Å². The molecule has 254 valence electrons. The highest BCUT2D eigenvalue weighted by atomic mass is 16.6.